The third kappa shape index (κ3) is 4.27. The summed E-state index contributed by atoms with van der Waals surface area (Å²) in [5.74, 6) is -0.386. The molecular formula is C12H18FNO3S. The van der Waals surface area contributed by atoms with Gasteiger partial charge >= 0.3 is 0 Å². The van der Waals surface area contributed by atoms with Gasteiger partial charge in [-0.1, -0.05) is 19.1 Å². The van der Waals surface area contributed by atoms with Gasteiger partial charge in [0.15, 0.2) is 21.4 Å². The van der Waals surface area contributed by atoms with Crippen molar-refractivity contribution in [1.82, 2.24) is 5.32 Å². The molecule has 0 bridgehead atoms. The van der Waals surface area contributed by atoms with E-state index in [2.05, 4.69) is 5.32 Å². The Hall–Kier alpha value is -1.14. The van der Waals surface area contributed by atoms with Crippen molar-refractivity contribution in [1.29, 1.82) is 0 Å². The largest absolute Gasteiger partial charge is 0.489 e. The number of nitrogens with one attached hydrogen (secondary N) is 1. The molecule has 0 saturated heterocycles. The predicted molar refractivity (Wildman–Crippen MR) is 69.0 cm³/mol. The van der Waals surface area contributed by atoms with Gasteiger partial charge in [0.25, 0.3) is 0 Å². The first-order valence-corrected chi connectivity index (χ1v) is 7.57. The molecular weight excluding hydrogens is 257 g/mol. The zero-order valence-corrected chi connectivity index (χ0v) is 11.4. The zero-order valence-electron chi connectivity index (χ0n) is 10.6. The highest BCUT2D eigenvalue weighted by atomic mass is 32.2. The summed E-state index contributed by atoms with van der Waals surface area (Å²) in [6.07, 6.45) is 0. The van der Waals surface area contributed by atoms with Crippen molar-refractivity contribution in [3.8, 4) is 5.75 Å². The highest BCUT2D eigenvalue weighted by molar-refractivity contribution is 7.91. The lowest BCUT2D eigenvalue weighted by molar-refractivity contribution is 0.318. The van der Waals surface area contributed by atoms with Crippen molar-refractivity contribution in [3.63, 3.8) is 0 Å². The standard InChI is InChI=1S/C12H18FNO3S/c1-3-18(15,16)8-7-17-12-10(9-14-2)5-4-6-11(12)13/h4-6,14H,3,7-9H2,1-2H3. The van der Waals surface area contributed by atoms with Crippen molar-refractivity contribution in [2.45, 2.75) is 13.5 Å². The molecule has 1 aromatic carbocycles. The number of benzene rings is 1. The summed E-state index contributed by atoms with van der Waals surface area (Å²) < 4.78 is 41.4. The Morgan fingerprint density at radius 3 is 2.72 bits per heavy atom. The van der Waals surface area contributed by atoms with Crippen molar-refractivity contribution < 1.29 is 17.5 Å². The van der Waals surface area contributed by atoms with Crippen LogP contribution in [0.1, 0.15) is 12.5 Å². The van der Waals surface area contributed by atoms with Gasteiger partial charge in [-0.3, -0.25) is 0 Å². The van der Waals surface area contributed by atoms with E-state index in [1.54, 1.807) is 26.1 Å². The van der Waals surface area contributed by atoms with Gasteiger partial charge in [-0.25, -0.2) is 12.8 Å². The van der Waals surface area contributed by atoms with Crippen LogP contribution in [0.2, 0.25) is 0 Å². The Kier molecular flexibility index (Phi) is 5.55. The molecule has 0 radical (unpaired) electrons. The summed E-state index contributed by atoms with van der Waals surface area (Å²) >= 11 is 0. The number of hydrogen-bond donors (Lipinski definition) is 1. The molecule has 6 heteroatoms. The first-order chi connectivity index (χ1) is 8.50. The SMILES string of the molecule is CCS(=O)(=O)CCOc1c(F)cccc1CNC. The number of sulfone groups is 1. The van der Waals surface area contributed by atoms with Crippen molar-refractivity contribution in [3.05, 3.63) is 29.6 Å². The Bertz CT molecular complexity index is 488. The molecule has 102 valence electrons. The molecule has 0 fully saturated rings. The van der Waals surface area contributed by atoms with Crippen LogP contribution in [-0.4, -0.2) is 33.6 Å². The van der Waals surface area contributed by atoms with Crippen LogP contribution >= 0.6 is 0 Å². The van der Waals surface area contributed by atoms with Crippen LogP contribution < -0.4 is 10.1 Å². The summed E-state index contributed by atoms with van der Waals surface area (Å²) in [7, 11) is -1.34. The maximum atomic E-state index is 13.6. The average Bonchev–Trinajstić information content (AvgIpc) is 2.33. The van der Waals surface area contributed by atoms with Gasteiger partial charge in [0.05, 0.1) is 5.75 Å². The van der Waals surface area contributed by atoms with E-state index in [9.17, 15) is 12.8 Å². The second-order valence-corrected chi connectivity index (χ2v) is 6.32. The molecule has 0 unspecified atom stereocenters. The lowest BCUT2D eigenvalue weighted by atomic mass is 10.2. The van der Waals surface area contributed by atoms with Crippen molar-refractivity contribution in [2.75, 3.05) is 25.2 Å². The predicted octanol–water partition coefficient (Wildman–Crippen LogP) is 1.36. The molecule has 1 aromatic rings. The lowest BCUT2D eigenvalue weighted by Crippen LogP contribution is -2.17. The summed E-state index contributed by atoms with van der Waals surface area (Å²) in [5.41, 5.74) is 0.673. The normalized spacial score (nSPS) is 11.5. The van der Waals surface area contributed by atoms with E-state index in [1.165, 1.54) is 6.07 Å². The molecule has 0 aromatic heterocycles. The summed E-state index contributed by atoms with van der Waals surface area (Å²) in [6.45, 7) is 2.01. The average molecular weight is 275 g/mol. The fraction of sp³-hybridized carbons (Fsp3) is 0.500. The number of para-hydroxylation sites is 1. The van der Waals surface area contributed by atoms with Crippen molar-refractivity contribution >= 4 is 9.84 Å². The molecule has 4 nitrogen and oxygen atoms in total. The van der Waals surface area contributed by atoms with Gasteiger partial charge in [-0.15, -0.1) is 0 Å². The Morgan fingerprint density at radius 1 is 1.39 bits per heavy atom. The molecule has 18 heavy (non-hydrogen) atoms. The van der Waals surface area contributed by atoms with E-state index in [-0.39, 0.29) is 23.9 Å². The van der Waals surface area contributed by atoms with E-state index in [4.69, 9.17) is 4.74 Å². The van der Waals surface area contributed by atoms with Crippen LogP contribution in [0.15, 0.2) is 18.2 Å². The number of rotatable bonds is 7. The van der Waals surface area contributed by atoms with E-state index in [0.717, 1.165) is 0 Å². The van der Waals surface area contributed by atoms with Crippen molar-refractivity contribution in [2.24, 2.45) is 0 Å². The van der Waals surface area contributed by atoms with Gasteiger partial charge in [-0.2, -0.15) is 0 Å². The van der Waals surface area contributed by atoms with Crippen LogP contribution in [0, 0.1) is 5.82 Å². The number of halogens is 1. The summed E-state index contributed by atoms with van der Waals surface area (Å²) in [5, 5.41) is 2.90. The molecule has 0 aliphatic rings. The van der Waals surface area contributed by atoms with Gasteiger partial charge in [0, 0.05) is 17.9 Å². The first kappa shape index (κ1) is 14.9. The summed E-state index contributed by atoms with van der Waals surface area (Å²) in [4.78, 5) is 0. The molecule has 0 saturated carbocycles. The van der Waals surface area contributed by atoms with E-state index in [1.807, 2.05) is 0 Å². The second-order valence-electron chi connectivity index (χ2n) is 3.84. The van der Waals surface area contributed by atoms with Crippen LogP contribution in [0.3, 0.4) is 0 Å². The molecule has 0 spiro atoms. The minimum Gasteiger partial charge on any atom is -0.489 e. The Labute approximate surface area is 107 Å². The first-order valence-electron chi connectivity index (χ1n) is 5.75. The van der Waals surface area contributed by atoms with Gasteiger partial charge in [-0.05, 0) is 13.1 Å². The fourth-order valence-corrected chi connectivity index (χ4v) is 2.09. The van der Waals surface area contributed by atoms with E-state index >= 15 is 0 Å². The minimum absolute atomic E-state index is 0.0339. The van der Waals surface area contributed by atoms with Crippen LogP contribution in [-0.2, 0) is 16.4 Å². The second kappa shape index (κ2) is 6.70. The minimum atomic E-state index is -3.09. The number of hydrogen-bond acceptors (Lipinski definition) is 4. The molecule has 0 heterocycles. The maximum Gasteiger partial charge on any atom is 0.165 e. The monoisotopic (exact) mass is 275 g/mol. The van der Waals surface area contributed by atoms with Crippen LogP contribution in [0.25, 0.3) is 0 Å². The zero-order chi connectivity index (χ0) is 13.6. The van der Waals surface area contributed by atoms with Crippen LogP contribution in [0.4, 0.5) is 4.39 Å². The molecule has 0 aliphatic heterocycles. The van der Waals surface area contributed by atoms with Crippen LogP contribution in [0.5, 0.6) is 5.75 Å². The van der Waals surface area contributed by atoms with E-state index in [0.29, 0.717) is 12.1 Å². The third-order valence-electron chi connectivity index (χ3n) is 2.50. The van der Waals surface area contributed by atoms with Gasteiger partial charge < -0.3 is 10.1 Å². The highest BCUT2D eigenvalue weighted by Gasteiger charge is 2.12. The fourth-order valence-electron chi connectivity index (χ4n) is 1.46. The Balaban J connectivity index is 2.72. The lowest BCUT2D eigenvalue weighted by Gasteiger charge is -2.12. The van der Waals surface area contributed by atoms with Gasteiger partial charge in [0.1, 0.15) is 6.61 Å². The number of ether oxygens (including phenoxy) is 1. The summed E-state index contributed by atoms with van der Waals surface area (Å²) in [6, 6.07) is 4.63. The Morgan fingerprint density at radius 2 is 2.11 bits per heavy atom. The topological polar surface area (TPSA) is 55.4 Å². The highest BCUT2D eigenvalue weighted by Crippen LogP contribution is 2.22. The third-order valence-corrected chi connectivity index (χ3v) is 4.16. The molecule has 1 N–H and O–H groups in total. The molecule has 1 rings (SSSR count). The maximum absolute atomic E-state index is 13.6. The smallest absolute Gasteiger partial charge is 0.165 e. The van der Waals surface area contributed by atoms with E-state index < -0.39 is 15.7 Å². The molecule has 0 aliphatic carbocycles. The molecule has 0 atom stereocenters. The quantitative estimate of drug-likeness (QED) is 0.816. The molecule has 0 amide bonds. The van der Waals surface area contributed by atoms with Gasteiger partial charge in [0.2, 0.25) is 0 Å².